The SMILES string of the molecule is CCOc1cc(C=Nn2c(=O)[nH]c3ccccc3c2=O)c(Br)cc1OCC#N. The zero-order chi connectivity index (χ0) is 20.1. The summed E-state index contributed by atoms with van der Waals surface area (Å²) in [7, 11) is 0. The van der Waals surface area contributed by atoms with Gasteiger partial charge in [0.05, 0.1) is 23.7 Å². The fourth-order valence-corrected chi connectivity index (χ4v) is 2.94. The van der Waals surface area contributed by atoms with Crippen LogP contribution in [-0.2, 0) is 0 Å². The van der Waals surface area contributed by atoms with Crippen molar-refractivity contribution in [2.24, 2.45) is 5.10 Å². The van der Waals surface area contributed by atoms with E-state index in [2.05, 4.69) is 26.0 Å². The molecule has 0 aliphatic rings. The molecule has 0 aliphatic carbocycles. The number of aromatic nitrogens is 2. The third-order valence-electron chi connectivity index (χ3n) is 3.75. The summed E-state index contributed by atoms with van der Waals surface area (Å²) >= 11 is 3.39. The first kappa shape index (κ1) is 19.4. The van der Waals surface area contributed by atoms with Crippen LogP contribution in [0.25, 0.3) is 10.9 Å². The Morgan fingerprint density at radius 3 is 2.75 bits per heavy atom. The second-order valence-electron chi connectivity index (χ2n) is 5.54. The molecule has 9 heteroatoms. The van der Waals surface area contributed by atoms with E-state index in [0.717, 1.165) is 4.68 Å². The van der Waals surface area contributed by atoms with Gasteiger partial charge >= 0.3 is 5.69 Å². The van der Waals surface area contributed by atoms with Crippen LogP contribution < -0.4 is 20.7 Å². The summed E-state index contributed by atoms with van der Waals surface area (Å²) in [6.45, 7) is 2.09. The number of nitriles is 1. The highest BCUT2D eigenvalue weighted by atomic mass is 79.9. The first-order chi connectivity index (χ1) is 13.5. The molecular formula is C19H15BrN4O4. The lowest BCUT2D eigenvalue weighted by molar-refractivity contribution is 0.298. The second kappa shape index (κ2) is 8.54. The fraction of sp³-hybridized carbons (Fsp3) is 0.158. The summed E-state index contributed by atoms with van der Waals surface area (Å²) in [6.07, 6.45) is 1.37. The van der Waals surface area contributed by atoms with E-state index < -0.39 is 11.2 Å². The number of hydrogen-bond donors (Lipinski definition) is 1. The van der Waals surface area contributed by atoms with E-state index in [1.807, 2.05) is 13.0 Å². The maximum Gasteiger partial charge on any atom is 0.349 e. The van der Waals surface area contributed by atoms with Gasteiger partial charge in [-0.1, -0.05) is 12.1 Å². The van der Waals surface area contributed by atoms with Crippen LogP contribution in [0.5, 0.6) is 11.5 Å². The predicted octanol–water partition coefficient (Wildman–Crippen LogP) is 2.64. The van der Waals surface area contributed by atoms with Gasteiger partial charge in [-0.3, -0.25) is 4.79 Å². The van der Waals surface area contributed by atoms with Crippen molar-refractivity contribution in [2.45, 2.75) is 6.92 Å². The van der Waals surface area contributed by atoms with Gasteiger partial charge in [-0.2, -0.15) is 10.4 Å². The minimum atomic E-state index is -0.643. The fourth-order valence-electron chi connectivity index (χ4n) is 2.52. The van der Waals surface area contributed by atoms with Gasteiger partial charge in [-0.25, -0.2) is 4.79 Å². The number of hydrogen-bond acceptors (Lipinski definition) is 6. The molecule has 1 aromatic heterocycles. The molecule has 8 nitrogen and oxygen atoms in total. The summed E-state index contributed by atoms with van der Waals surface area (Å²) in [5.41, 5.74) is -0.157. The van der Waals surface area contributed by atoms with Crippen LogP contribution >= 0.6 is 15.9 Å². The lowest BCUT2D eigenvalue weighted by Crippen LogP contribution is -2.32. The largest absolute Gasteiger partial charge is 0.490 e. The average molecular weight is 443 g/mol. The maximum absolute atomic E-state index is 12.5. The van der Waals surface area contributed by atoms with Gasteiger partial charge in [0, 0.05) is 10.0 Å². The van der Waals surface area contributed by atoms with Crippen molar-refractivity contribution < 1.29 is 9.47 Å². The van der Waals surface area contributed by atoms with Crippen molar-refractivity contribution in [1.29, 1.82) is 5.26 Å². The van der Waals surface area contributed by atoms with E-state index in [1.54, 1.807) is 36.4 Å². The van der Waals surface area contributed by atoms with E-state index >= 15 is 0 Å². The molecule has 0 spiro atoms. The molecule has 0 saturated carbocycles. The van der Waals surface area contributed by atoms with Crippen LogP contribution in [0.15, 0.2) is 55.6 Å². The van der Waals surface area contributed by atoms with Gasteiger partial charge in [0.15, 0.2) is 18.1 Å². The minimum Gasteiger partial charge on any atom is -0.490 e. The molecule has 0 aliphatic heterocycles. The molecule has 0 bridgehead atoms. The molecule has 2 aromatic carbocycles. The number of rotatable bonds is 6. The molecule has 1 N–H and O–H groups in total. The molecule has 0 fully saturated rings. The molecule has 0 unspecified atom stereocenters. The first-order valence-electron chi connectivity index (χ1n) is 8.29. The summed E-state index contributed by atoms with van der Waals surface area (Å²) < 4.78 is 12.2. The molecule has 3 aromatic rings. The molecule has 0 atom stereocenters. The zero-order valence-corrected chi connectivity index (χ0v) is 16.4. The normalized spacial score (nSPS) is 10.9. The van der Waals surface area contributed by atoms with Crippen LogP contribution in [0, 0.1) is 11.3 Å². The van der Waals surface area contributed by atoms with Crippen molar-refractivity contribution in [3.05, 3.63) is 67.3 Å². The summed E-state index contributed by atoms with van der Waals surface area (Å²) in [6, 6.07) is 11.9. The monoisotopic (exact) mass is 442 g/mol. The van der Waals surface area contributed by atoms with E-state index in [9.17, 15) is 9.59 Å². The number of benzene rings is 2. The molecule has 0 radical (unpaired) electrons. The number of aromatic amines is 1. The Morgan fingerprint density at radius 1 is 1.25 bits per heavy atom. The highest BCUT2D eigenvalue weighted by Gasteiger charge is 2.11. The van der Waals surface area contributed by atoms with Crippen molar-refractivity contribution in [2.75, 3.05) is 13.2 Å². The molecule has 0 amide bonds. The number of para-hydroxylation sites is 1. The molecule has 28 heavy (non-hydrogen) atoms. The van der Waals surface area contributed by atoms with E-state index in [4.69, 9.17) is 14.7 Å². The number of halogens is 1. The smallest absolute Gasteiger partial charge is 0.349 e. The lowest BCUT2D eigenvalue weighted by Gasteiger charge is -2.12. The van der Waals surface area contributed by atoms with Crippen molar-refractivity contribution >= 4 is 33.0 Å². The van der Waals surface area contributed by atoms with E-state index in [-0.39, 0.29) is 6.61 Å². The van der Waals surface area contributed by atoms with Crippen molar-refractivity contribution in [1.82, 2.24) is 9.66 Å². The number of fused-ring (bicyclic) bond motifs is 1. The van der Waals surface area contributed by atoms with Crippen molar-refractivity contribution in [3.63, 3.8) is 0 Å². The van der Waals surface area contributed by atoms with Crippen LogP contribution in [0.2, 0.25) is 0 Å². The molecule has 1 heterocycles. The zero-order valence-electron chi connectivity index (χ0n) is 14.8. The molecule has 3 rings (SSSR count). The van der Waals surface area contributed by atoms with Crippen molar-refractivity contribution in [3.8, 4) is 17.6 Å². The van der Waals surface area contributed by atoms with Crippen LogP contribution in [0.4, 0.5) is 0 Å². The van der Waals surface area contributed by atoms with E-state index in [1.165, 1.54) is 6.21 Å². The predicted molar refractivity (Wildman–Crippen MR) is 108 cm³/mol. The van der Waals surface area contributed by atoms with Gasteiger partial charge in [-0.05, 0) is 47.1 Å². The highest BCUT2D eigenvalue weighted by molar-refractivity contribution is 9.10. The lowest BCUT2D eigenvalue weighted by atomic mass is 10.2. The van der Waals surface area contributed by atoms with Gasteiger partial charge < -0.3 is 14.5 Å². The van der Waals surface area contributed by atoms with Crippen LogP contribution in [0.1, 0.15) is 12.5 Å². The van der Waals surface area contributed by atoms with Gasteiger partial charge in [0.25, 0.3) is 5.56 Å². The van der Waals surface area contributed by atoms with E-state index in [0.29, 0.717) is 39.0 Å². The third kappa shape index (κ3) is 3.97. The number of ether oxygens (including phenoxy) is 2. The molecule has 142 valence electrons. The first-order valence-corrected chi connectivity index (χ1v) is 9.09. The molecular weight excluding hydrogens is 428 g/mol. The standard InChI is InChI=1S/C19H15BrN4O4/c1-2-27-16-9-12(14(20)10-17(16)28-8-7-21)11-22-24-18(25)13-5-3-4-6-15(13)23-19(24)26/h3-6,9-11H,2,8H2,1H3,(H,23,26). The minimum absolute atomic E-state index is 0.123. The molecule has 0 saturated heterocycles. The van der Waals surface area contributed by atoms with Crippen LogP contribution in [0.3, 0.4) is 0 Å². The highest BCUT2D eigenvalue weighted by Crippen LogP contribution is 2.33. The summed E-state index contributed by atoms with van der Waals surface area (Å²) in [5, 5.41) is 13.1. The number of nitrogens with one attached hydrogen (secondary N) is 1. The number of H-pyrrole nitrogens is 1. The summed E-state index contributed by atoms with van der Waals surface area (Å²) in [5.74, 6) is 0.815. The Bertz CT molecular complexity index is 1210. The summed E-state index contributed by atoms with van der Waals surface area (Å²) in [4.78, 5) is 27.4. The second-order valence-corrected chi connectivity index (χ2v) is 6.39. The Morgan fingerprint density at radius 2 is 2.00 bits per heavy atom. The average Bonchev–Trinajstić information content (AvgIpc) is 2.68. The number of nitrogens with zero attached hydrogens (tertiary/aromatic N) is 3. The quantitative estimate of drug-likeness (QED) is 0.590. The van der Waals surface area contributed by atoms with Gasteiger partial charge in [0.1, 0.15) is 6.07 Å². The maximum atomic E-state index is 12.5. The van der Waals surface area contributed by atoms with Crippen LogP contribution in [-0.4, -0.2) is 29.1 Å². The Balaban J connectivity index is 2.04. The Hall–Kier alpha value is -3.38. The Labute approximate surface area is 167 Å². The van der Waals surface area contributed by atoms with Gasteiger partial charge in [0.2, 0.25) is 0 Å². The van der Waals surface area contributed by atoms with Gasteiger partial charge in [-0.15, -0.1) is 4.68 Å². The third-order valence-corrected chi connectivity index (χ3v) is 4.44. The topological polar surface area (TPSA) is 109 Å². The Kier molecular flexibility index (Phi) is 5.91.